The van der Waals surface area contributed by atoms with Crippen LogP contribution in [0.4, 0.5) is 5.82 Å². The normalized spacial score (nSPS) is 10.9. The van der Waals surface area contributed by atoms with Gasteiger partial charge in [0.1, 0.15) is 5.82 Å². The number of fused-ring (bicyclic) bond motifs is 1. The molecule has 86 valence electrons. The van der Waals surface area contributed by atoms with Crippen LogP contribution in [-0.4, -0.2) is 14.8 Å². The number of nitrogens with zero attached hydrogens (tertiary/aromatic N) is 2. The molecule has 0 amide bonds. The molecule has 2 N–H and O–H groups in total. The van der Waals surface area contributed by atoms with Gasteiger partial charge in [-0.2, -0.15) is 5.10 Å². The lowest BCUT2D eigenvalue weighted by molar-refractivity contribution is 0.768. The van der Waals surface area contributed by atoms with Crippen LogP contribution in [0.5, 0.6) is 0 Å². The maximum atomic E-state index is 4.29. The van der Waals surface area contributed by atoms with Gasteiger partial charge in [0, 0.05) is 43.0 Å². The van der Waals surface area contributed by atoms with Gasteiger partial charge in [0.25, 0.3) is 0 Å². The smallest absolute Gasteiger partial charge is 0.148 e. The Hall–Kier alpha value is -2.23. The number of aryl methyl sites for hydroxylation is 1. The zero-order chi connectivity index (χ0) is 11.7. The summed E-state index contributed by atoms with van der Waals surface area (Å²) in [6.45, 7) is 0.779. The Labute approximate surface area is 99.3 Å². The summed E-state index contributed by atoms with van der Waals surface area (Å²) in [5, 5.41) is 8.85. The molecule has 0 unspecified atom stereocenters. The molecule has 0 saturated heterocycles. The van der Waals surface area contributed by atoms with Gasteiger partial charge in [-0.3, -0.25) is 4.68 Å². The highest BCUT2D eigenvalue weighted by Crippen LogP contribution is 2.18. The van der Waals surface area contributed by atoms with Gasteiger partial charge in [0.2, 0.25) is 0 Å². The van der Waals surface area contributed by atoms with Crippen LogP contribution in [0, 0.1) is 0 Å². The minimum atomic E-state index is 0.779. The van der Waals surface area contributed by atoms with Gasteiger partial charge in [-0.25, -0.2) is 0 Å². The number of hydrogen-bond acceptors (Lipinski definition) is 2. The Morgan fingerprint density at radius 1 is 1.29 bits per heavy atom. The third-order valence-corrected chi connectivity index (χ3v) is 2.85. The molecule has 0 aliphatic heterocycles. The molecule has 3 rings (SSSR count). The first-order valence-electron chi connectivity index (χ1n) is 5.61. The fourth-order valence-electron chi connectivity index (χ4n) is 1.97. The molecule has 4 heteroatoms. The molecule has 17 heavy (non-hydrogen) atoms. The van der Waals surface area contributed by atoms with Crippen LogP contribution in [0.3, 0.4) is 0 Å². The van der Waals surface area contributed by atoms with E-state index in [0.29, 0.717) is 0 Å². The van der Waals surface area contributed by atoms with Gasteiger partial charge in [-0.15, -0.1) is 0 Å². The number of nitrogens with one attached hydrogen (secondary N) is 2. The summed E-state index contributed by atoms with van der Waals surface area (Å²) in [5.74, 6) is 0.901. The van der Waals surface area contributed by atoms with E-state index in [0.717, 1.165) is 12.4 Å². The molecule has 3 aromatic rings. The minimum absolute atomic E-state index is 0.779. The van der Waals surface area contributed by atoms with Gasteiger partial charge in [0.05, 0.1) is 0 Å². The van der Waals surface area contributed by atoms with Gasteiger partial charge in [-0.05, 0) is 11.6 Å². The van der Waals surface area contributed by atoms with E-state index in [2.05, 4.69) is 33.6 Å². The largest absolute Gasteiger partial charge is 0.364 e. The van der Waals surface area contributed by atoms with E-state index in [1.807, 2.05) is 31.6 Å². The molecule has 2 heterocycles. The molecular weight excluding hydrogens is 212 g/mol. The summed E-state index contributed by atoms with van der Waals surface area (Å²) < 4.78 is 1.79. The zero-order valence-corrected chi connectivity index (χ0v) is 9.64. The van der Waals surface area contributed by atoms with Crippen molar-refractivity contribution in [3.05, 3.63) is 48.3 Å². The van der Waals surface area contributed by atoms with Crippen LogP contribution >= 0.6 is 0 Å². The van der Waals surface area contributed by atoms with Crippen LogP contribution in [-0.2, 0) is 13.6 Å². The van der Waals surface area contributed by atoms with E-state index < -0.39 is 0 Å². The predicted octanol–water partition coefficient (Wildman–Crippen LogP) is 2.51. The van der Waals surface area contributed by atoms with E-state index >= 15 is 0 Å². The van der Waals surface area contributed by atoms with Crippen molar-refractivity contribution in [1.82, 2.24) is 14.8 Å². The molecule has 0 spiro atoms. The monoisotopic (exact) mass is 226 g/mol. The second-order valence-corrected chi connectivity index (χ2v) is 4.09. The molecular formula is C13H14N4. The highest BCUT2D eigenvalue weighted by Gasteiger charge is 2.03. The Morgan fingerprint density at radius 3 is 3.00 bits per heavy atom. The molecule has 0 aliphatic rings. The molecule has 0 aliphatic carbocycles. The van der Waals surface area contributed by atoms with E-state index in [1.54, 1.807) is 4.68 Å². The number of hydrogen-bond donors (Lipinski definition) is 2. The first kappa shape index (κ1) is 9.96. The maximum Gasteiger partial charge on any atom is 0.148 e. The zero-order valence-electron chi connectivity index (χ0n) is 9.64. The van der Waals surface area contributed by atoms with Crippen molar-refractivity contribution < 1.29 is 0 Å². The molecule has 4 nitrogen and oxygen atoms in total. The van der Waals surface area contributed by atoms with Crippen LogP contribution in [0.15, 0.2) is 42.7 Å². The summed E-state index contributed by atoms with van der Waals surface area (Å²) in [7, 11) is 1.91. The Kier molecular flexibility index (Phi) is 2.33. The summed E-state index contributed by atoms with van der Waals surface area (Å²) in [6, 6.07) is 10.3. The number of aromatic amines is 1. The minimum Gasteiger partial charge on any atom is -0.364 e. The lowest BCUT2D eigenvalue weighted by atomic mass is 10.2. The van der Waals surface area contributed by atoms with Gasteiger partial charge in [0.15, 0.2) is 0 Å². The highest BCUT2D eigenvalue weighted by atomic mass is 15.3. The van der Waals surface area contributed by atoms with Crippen molar-refractivity contribution in [3.8, 4) is 0 Å². The highest BCUT2D eigenvalue weighted by molar-refractivity contribution is 5.83. The topological polar surface area (TPSA) is 45.6 Å². The van der Waals surface area contributed by atoms with Crippen LogP contribution in [0.1, 0.15) is 5.56 Å². The van der Waals surface area contributed by atoms with Crippen LogP contribution < -0.4 is 5.32 Å². The second-order valence-electron chi connectivity index (χ2n) is 4.09. The predicted molar refractivity (Wildman–Crippen MR) is 68.8 cm³/mol. The van der Waals surface area contributed by atoms with Gasteiger partial charge >= 0.3 is 0 Å². The van der Waals surface area contributed by atoms with Gasteiger partial charge < -0.3 is 10.3 Å². The maximum absolute atomic E-state index is 4.29. The van der Waals surface area contributed by atoms with Crippen LogP contribution in [0.25, 0.3) is 10.9 Å². The average molecular weight is 226 g/mol. The fourth-order valence-corrected chi connectivity index (χ4v) is 1.97. The number of para-hydroxylation sites is 1. The Balaban J connectivity index is 1.81. The fraction of sp³-hybridized carbons (Fsp3) is 0.154. The van der Waals surface area contributed by atoms with Crippen molar-refractivity contribution in [1.29, 1.82) is 0 Å². The van der Waals surface area contributed by atoms with Gasteiger partial charge in [-0.1, -0.05) is 18.2 Å². The quantitative estimate of drug-likeness (QED) is 0.720. The second kappa shape index (κ2) is 3.97. The number of aromatic nitrogens is 3. The molecule has 0 atom stereocenters. The molecule has 2 aromatic heterocycles. The SMILES string of the molecule is Cn1ccc(NCc2c[nH]c3ccccc23)n1. The van der Waals surface area contributed by atoms with E-state index in [4.69, 9.17) is 0 Å². The van der Waals surface area contributed by atoms with Crippen molar-refractivity contribution in [2.45, 2.75) is 6.54 Å². The molecule has 0 bridgehead atoms. The molecule has 0 radical (unpaired) electrons. The number of rotatable bonds is 3. The average Bonchev–Trinajstić information content (AvgIpc) is 2.93. The van der Waals surface area contributed by atoms with E-state index in [1.165, 1.54) is 16.5 Å². The summed E-state index contributed by atoms with van der Waals surface area (Å²) >= 11 is 0. The standard InChI is InChI=1S/C13H14N4/c1-17-7-6-13(16-17)15-9-10-8-14-12-5-3-2-4-11(10)12/h2-8,14H,9H2,1H3,(H,15,16). The number of benzene rings is 1. The Morgan fingerprint density at radius 2 is 2.18 bits per heavy atom. The lowest BCUT2D eigenvalue weighted by Crippen LogP contribution is -2.00. The van der Waals surface area contributed by atoms with Crippen molar-refractivity contribution >= 4 is 16.7 Å². The van der Waals surface area contributed by atoms with Crippen molar-refractivity contribution in [3.63, 3.8) is 0 Å². The summed E-state index contributed by atoms with van der Waals surface area (Å²) in [6.07, 6.45) is 3.97. The first-order chi connectivity index (χ1) is 8.33. The molecule has 0 saturated carbocycles. The van der Waals surface area contributed by atoms with Crippen molar-refractivity contribution in [2.24, 2.45) is 7.05 Å². The lowest BCUT2D eigenvalue weighted by Gasteiger charge is -2.01. The van der Waals surface area contributed by atoms with E-state index in [9.17, 15) is 0 Å². The first-order valence-corrected chi connectivity index (χ1v) is 5.61. The van der Waals surface area contributed by atoms with Crippen LogP contribution in [0.2, 0.25) is 0 Å². The Bertz CT molecular complexity index is 635. The summed E-state index contributed by atoms with van der Waals surface area (Å²) in [5.41, 5.74) is 2.43. The third-order valence-electron chi connectivity index (χ3n) is 2.85. The number of H-pyrrole nitrogens is 1. The summed E-state index contributed by atoms with van der Waals surface area (Å²) in [4.78, 5) is 3.26. The number of anilines is 1. The van der Waals surface area contributed by atoms with E-state index in [-0.39, 0.29) is 0 Å². The molecule has 1 aromatic carbocycles. The third kappa shape index (κ3) is 1.89. The van der Waals surface area contributed by atoms with Crippen molar-refractivity contribution in [2.75, 3.05) is 5.32 Å². The molecule has 0 fully saturated rings.